The Hall–Kier alpha value is -3.65. The van der Waals surface area contributed by atoms with E-state index in [4.69, 9.17) is 4.74 Å². The molecule has 1 heterocycles. The molecular formula is C25H24N4O3S. The number of Topliss-reactive ketones (excluding diaryl/α,β-unsaturated/α-hetero) is 1. The largest absolute Gasteiger partial charge is 0.507 e. The topological polar surface area (TPSA) is 101 Å². The van der Waals surface area contributed by atoms with Crippen molar-refractivity contribution in [3.8, 4) is 22.9 Å². The number of H-pyrrole nitrogens is 1. The molecule has 0 saturated heterocycles. The summed E-state index contributed by atoms with van der Waals surface area (Å²) >= 11 is 1.63. The highest BCUT2D eigenvalue weighted by Gasteiger charge is 2.16. The van der Waals surface area contributed by atoms with Crippen LogP contribution in [0, 0.1) is 0 Å². The predicted octanol–water partition coefficient (Wildman–Crippen LogP) is 5.46. The molecule has 0 spiro atoms. The molecule has 2 N–H and O–H groups in total. The van der Waals surface area contributed by atoms with E-state index in [2.05, 4.69) is 20.6 Å². The van der Waals surface area contributed by atoms with Crippen molar-refractivity contribution in [3.05, 3.63) is 77.4 Å². The molecule has 0 aliphatic rings. The van der Waals surface area contributed by atoms with Gasteiger partial charge in [-0.05, 0) is 65.7 Å². The lowest BCUT2D eigenvalue weighted by Gasteiger charge is -2.15. The van der Waals surface area contributed by atoms with Crippen molar-refractivity contribution in [2.45, 2.75) is 43.1 Å². The average Bonchev–Trinajstić information content (AvgIpc) is 3.35. The highest BCUT2D eigenvalue weighted by Crippen LogP contribution is 2.35. The van der Waals surface area contributed by atoms with E-state index in [9.17, 15) is 9.90 Å². The number of aromatic amines is 1. The van der Waals surface area contributed by atoms with E-state index in [1.165, 1.54) is 6.92 Å². The number of phenolic OH excluding ortho intramolecular Hbond substituents is 1. The van der Waals surface area contributed by atoms with E-state index in [-0.39, 0.29) is 11.5 Å². The second kappa shape index (κ2) is 10.3. The van der Waals surface area contributed by atoms with E-state index in [1.54, 1.807) is 23.9 Å². The van der Waals surface area contributed by atoms with Crippen molar-refractivity contribution in [2.24, 2.45) is 0 Å². The van der Waals surface area contributed by atoms with Crippen molar-refractivity contribution in [3.63, 3.8) is 0 Å². The molecule has 0 radical (unpaired) electrons. The number of benzene rings is 3. The van der Waals surface area contributed by atoms with Gasteiger partial charge in [-0.1, -0.05) is 49.4 Å². The van der Waals surface area contributed by atoms with Gasteiger partial charge in [-0.25, -0.2) is 5.10 Å². The van der Waals surface area contributed by atoms with Gasteiger partial charge in [0.25, 0.3) is 0 Å². The first kappa shape index (κ1) is 22.5. The number of nitrogens with one attached hydrogen (secondary N) is 1. The second-order valence-corrected chi connectivity index (χ2v) is 8.64. The first-order valence-electron chi connectivity index (χ1n) is 10.6. The van der Waals surface area contributed by atoms with Crippen LogP contribution < -0.4 is 4.74 Å². The fraction of sp³-hybridized carbons (Fsp3) is 0.200. The van der Waals surface area contributed by atoms with E-state index in [0.29, 0.717) is 35.7 Å². The number of aromatic nitrogens is 4. The standard InChI is InChI=1S/C25H24N4O3S/c1-3-6-20-22(14-13-19(16(2)30)24(20)31)32-15-17-9-11-18(12-10-17)33-23-8-5-4-7-21(23)25-26-28-29-27-25/h4-5,7-14,31H,3,6,15H2,1-2H3,(H,26,27,28,29). The van der Waals surface area contributed by atoms with Crippen LogP contribution in [0.2, 0.25) is 0 Å². The van der Waals surface area contributed by atoms with Crippen molar-refractivity contribution in [2.75, 3.05) is 0 Å². The van der Waals surface area contributed by atoms with Crippen LogP contribution in [0.25, 0.3) is 11.4 Å². The summed E-state index contributed by atoms with van der Waals surface area (Å²) in [5, 5.41) is 24.7. The molecule has 8 heteroatoms. The summed E-state index contributed by atoms with van der Waals surface area (Å²) in [4.78, 5) is 13.9. The molecule has 168 valence electrons. The van der Waals surface area contributed by atoms with Gasteiger partial charge in [0.2, 0.25) is 0 Å². The number of tetrazole rings is 1. The number of hydrogen-bond acceptors (Lipinski definition) is 7. The van der Waals surface area contributed by atoms with Gasteiger partial charge in [-0.2, -0.15) is 0 Å². The summed E-state index contributed by atoms with van der Waals surface area (Å²) < 4.78 is 6.01. The zero-order valence-corrected chi connectivity index (χ0v) is 19.2. The van der Waals surface area contributed by atoms with Crippen LogP contribution in [0.3, 0.4) is 0 Å². The summed E-state index contributed by atoms with van der Waals surface area (Å²) in [5.41, 5.74) is 2.95. The molecule has 33 heavy (non-hydrogen) atoms. The van der Waals surface area contributed by atoms with Gasteiger partial charge in [0.05, 0.1) is 5.56 Å². The predicted molar refractivity (Wildman–Crippen MR) is 127 cm³/mol. The van der Waals surface area contributed by atoms with E-state index < -0.39 is 0 Å². The molecule has 0 unspecified atom stereocenters. The summed E-state index contributed by atoms with van der Waals surface area (Å²) in [6.07, 6.45) is 1.47. The van der Waals surface area contributed by atoms with E-state index in [0.717, 1.165) is 27.3 Å². The summed E-state index contributed by atoms with van der Waals surface area (Å²) in [6, 6.07) is 19.5. The Morgan fingerprint density at radius 1 is 1.09 bits per heavy atom. The highest BCUT2D eigenvalue weighted by molar-refractivity contribution is 7.99. The Morgan fingerprint density at radius 3 is 2.58 bits per heavy atom. The van der Waals surface area contributed by atoms with Gasteiger partial charge in [-0.3, -0.25) is 4.79 Å². The van der Waals surface area contributed by atoms with Crippen LogP contribution in [-0.2, 0) is 13.0 Å². The Morgan fingerprint density at radius 2 is 1.88 bits per heavy atom. The smallest absolute Gasteiger partial charge is 0.180 e. The molecule has 7 nitrogen and oxygen atoms in total. The van der Waals surface area contributed by atoms with Gasteiger partial charge in [-0.15, -0.1) is 5.10 Å². The molecule has 0 bridgehead atoms. The molecular weight excluding hydrogens is 436 g/mol. The van der Waals surface area contributed by atoms with Gasteiger partial charge in [0.1, 0.15) is 18.1 Å². The molecule has 0 amide bonds. The molecule has 4 aromatic rings. The molecule has 4 rings (SSSR count). The lowest BCUT2D eigenvalue weighted by atomic mass is 10.0. The van der Waals surface area contributed by atoms with Gasteiger partial charge in [0, 0.05) is 20.9 Å². The van der Waals surface area contributed by atoms with Crippen LogP contribution in [0.4, 0.5) is 0 Å². The number of carbonyl (C=O) groups excluding carboxylic acids is 1. The first-order chi connectivity index (χ1) is 16.1. The monoisotopic (exact) mass is 460 g/mol. The fourth-order valence-corrected chi connectivity index (χ4v) is 4.44. The highest BCUT2D eigenvalue weighted by atomic mass is 32.2. The number of nitrogens with zero attached hydrogens (tertiary/aromatic N) is 3. The minimum Gasteiger partial charge on any atom is -0.507 e. The Labute approximate surface area is 196 Å². The minimum absolute atomic E-state index is 0.0224. The molecule has 0 fully saturated rings. The zero-order valence-electron chi connectivity index (χ0n) is 18.4. The number of phenols is 1. The van der Waals surface area contributed by atoms with Gasteiger partial charge in [0.15, 0.2) is 11.6 Å². The summed E-state index contributed by atoms with van der Waals surface area (Å²) in [7, 11) is 0. The quantitative estimate of drug-likeness (QED) is 0.320. The van der Waals surface area contributed by atoms with Crippen LogP contribution in [0.1, 0.15) is 41.8 Å². The lowest BCUT2D eigenvalue weighted by molar-refractivity contribution is 0.101. The average molecular weight is 461 g/mol. The van der Waals surface area contributed by atoms with E-state index >= 15 is 0 Å². The Kier molecular flexibility index (Phi) is 7.04. The third-order valence-electron chi connectivity index (χ3n) is 5.15. The molecule has 3 aromatic carbocycles. The number of aromatic hydroxyl groups is 1. The van der Waals surface area contributed by atoms with Crippen molar-refractivity contribution >= 4 is 17.5 Å². The summed E-state index contributed by atoms with van der Waals surface area (Å²) in [5.74, 6) is 1.09. The number of ether oxygens (including phenoxy) is 1. The van der Waals surface area contributed by atoms with Crippen molar-refractivity contribution in [1.29, 1.82) is 0 Å². The second-order valence-electron chi connectivity index (χ2n) is 7.53. The zero-order chi connectivity index (χ0) is 23.2. The third-order valence-corrected chi connectivity index (χ3v) is 6.24. The maximum absolute atomic E-state index is 11.7. The lowest BCUT2D eigenvalue weighted by Crippen LogP contribution is -2.02. The van der Waals surface area contributed by atoms with Crippen molar-refractivity contribution < 1.29 is 14.6 Å². The number of carbonyl (C=O) groups is 1. The van der Waals surface area contributed by atoms with E-state index in [1.807, 2.05) is 55.5 Å². The molecule has 0 aliphatic heterocycles. The Balaban J connectivity index is 1.46. The van der Waals surface area contributed by atoms with Crippen molar-refractivity contribution in [1.82, 2.24) is 20.6 Å². The minimum atomic E-state index is -0.161. The number of hydrogen-bond donors (Lipinski definition) is 2. The molecule has 0 aliphatic carbocycles. The van der Waals surface area contributed by atoms with Gasteiger partial charge < -0.3 is 9.84 Å². The van der Waals surface area contributed by atoms with Crippen LogP contribution in [0.15, 0.2) is 70.5 Å². The Bertz CT molecular complexity index is 1240. The first-order valence-corrected chi connectivity index (χ1v) is 11.5. The molecule has 0 saturated carbocycles. The third kappa shape index (κ3) is 5.23. The van der Waals surface area contributed by atoms with Crippen LogP contribution in [-0.4, -0.2) is 31.5 Å². The summed E-state index contributed by atoms with van der Waals surface area (Å²) in [6.45, 7) is 3.84. The van der Waals surface area contributed by atoms with Crippen LogP contribution >= 0.6 is 11.8 Å². The SMILES string of the molecule is CCCc1c(OCc2ccc(Sc3ccccc3-c3nnn[nH]3)cc2)ccc(C(C)=O)c1O. The van der Waals surface area contributed by atoms with Gasteiger partial charge >= 0.3 is 0 Å². The maximum atomic E-state index is 11.7. The normalized spacial score (nSPS) is 10.8. The number of rotatable bonds is 9. The maximum Gasteiger partial charge on any atom is 0.180 e. The van der Waals surface area contributed by atoms with Crippen LogP contribution in [0.5, 0.6) is 11.5 Å². The molecule has 1 aromatic heterocycles. The molecule has 0 atom stereocenters. The fourth-order valence-electron chi connectivity index (χ4n) is 3.50. The number of ketones is 1.